The van der Waals surface area contributed by atoms with Gasteiger partial charge in [0.15, 0.2) is 5.82 Å². The summed E-state index contributed by atoms with van der Waals surface area (Å²) in [5.74, 6) is -0.613. The van der Waals surface area contributed by atoms with E-state index in [1.807, 2.05) is 6.92 Å². The van der Waals surface area contributed by atoms with Crippen molar-refractivity contribution < 1.29 is 18.1 Å². The third-order valence-electron chi connectivity index (χ3n) is 2.89. The Balaban J connectivity index is 1.83. The van der Waals surface area contributed by atoms with Crippen molar-refractivity contribution in [3.8, 4) is 0 Å². The van der Waals surface area contributed by atoms with E-state index in [4.69, 9.17) is 4.52 Å². The smallest absolute Gasteiger partial charge is 0.226 e. The maximum Gasteiger partial charge on any atom is 0.226 e. The molecule has 22 heavy (non-hydrogen) atoms. The van der Waals surface area contributed by atoms with Gasteiger partial charge in [-0.2, -0.15) is 4.98 Å². The van der Waals surface area contributed by atoms with E-state index in [0.29, 0.717) is 31.0 Å². The van der Waals surface area contributed by atoms with E-state index in [9.17, 15) is 13.6 Å². The molecule has 0 saturated carbocycles. The number of nitrogens with one attached hydrogen (secondary N) is 1. The first-order chi connectivity index (χ1) is 10.5. The third-order valence-corrected chi connectivity index (χ3v) is 3.92. The highest BCUT2D eigenvalue weighted by molar-refractivity contribution is 14.1. The number of carbonyl (C=O) groups excluding carboxylic acids is 1. The number of benzene rings is 1. The minimum atomic E-state index is -0.700. The maximum absolute atomic E-state index is 13.4. The number of amides is 1. The van der Waals surface area contributed by atoms with Gasteiger partial charge in [0.2, 0.25) is 11.8 Å². The molecule has 0 fully saturated rings. The summed E-state index contributed by atoms with van der Waals surface area (Å²) in [4.78, 5) is 15.9. The topological polar surface area (TPSA) is 68.0 Å². The molecule has 1 aromatic carbocycles. The molecule has 1 heterocycles. The van der Waals surface area contributed by atoms with Gasteiger partial charge in [-0.25, -0.2) is 8.78 Å². The molecule has 118 valence electrons. The lowest BCUT2D eigenvalue weighted by Crippen LogP contribution is -2.12. The number of carbonyl (C=O) groups is 1. The highest BCUT2D eigenvalue weighted by Crippen LogP contribution is 2.20. The fourth-order valence-corrected chi connectivity index (χ4v) is 2.10. The van der Waals surface area contributed by atoms with E-state index in [2.05, 4.69) is 15.5 Å². The minimum absolute atomic E-state index is 0.0984. The van der Waals surface area contributed by atoms with Crippen LogP contribution in [0.4, 0.5) is 14.5 Å². The summed E-state index contributed by atoms with van der Waals surface area (Å²) in [7, 11) is 0. The quantitative estimate of drug-likeness (QED) is 0.573. The van der Waals surface area contributed by atoms with E-state index in [1.54, 1.807) is 22.6 Å². The zero-order valence-electron chi connectivity index (χ0n) is 11.8. The van der Waals surface area contributed by atoms with Gasteiger partial charge in [-0.1, -0.05) is 12.1 Å². The van der Waals surface area contributed by atoms with Crippen LogP contribution in [-0.4, -0.2) is 16.0 Å². The van der Waals surface area contributed by atoms with E-state index in [1.165, 1.54) is 0 Å². The van der Waals surface area contributed by atoms with Gasteiger partial charge in [0.05, 0.1) is 3.57 Å². The number of aryl methyl sites for hydroxylation is 2. The average Bonchev–Trinajstić information content (AvgIpc) is 2.92. The summed E-state index contributed by atoms with van der Waals surface area (Å²) >= 11 is 1.57. The molecule has 1 amide bonds. The number of aromatic nitrogens is 2. The average molecular weight is 421 g/mol. The Morgan fingerprint density at radius 2 is 2.05 bits per heavy atom. The summed E-state index contributed by atoms with van der Waals surface area (Å²) in [6.45, 7) is 1.92. The second-order valence-corrected chi connectivity index (χ2v) is 5.69. The van der Waals surface area contributed by atoms with Crippen LogP contribution in [0.5, 0.6) is 0 Å². The third kappa shape index (κ3) is 4.46. The molecule has 0 aliphatic carbocycles. The molecular formula is C14H14F2IN3O2. The van der Waals surface area contributed by atoms with Gasteiger partial charge in [-0.15, -0.1) is 0 Å². The van der Waals surface area contributed by atoms with E-state index in [-0.39, 0.29) is 21.6 Å². The van der Waals surface area contributed by atoms with E-state index in [0.717, 1.165) is 12.1 Å². The number of hydrogen-bond donors (Lipinski definition) is 1. The van der Waals surface area contributed by atoms with Crippen LogP contribution < -0.4 is 5.32 Å². The molecule has 8 heteroatoms. The standard InChI is InChI=1S/C14H14F2IN3O2/c1-2-11-19-13(22-20-11)5-3-4-12(21)18-8-6-9(15)14(17)10(16)7-8/h6-7H,2-5H2,1H3,(H,18,21). The van der Waals surface area contributed by atoms with Crippen LogP contribution in [0.3, 0.4) is 0 Å². The van der Waals surface area contributed by atoms with Crippen molar-refractivity contribution in [1.82, 2.24) is 10.1 Å². The molecule has 0 atom stereocenters. The van der Waals surface area contributed by atoms with Crippen molar-refractivity contribution in [1.29, 1.82) is 0 Å². The molecule has 2 rings (SSSR count). The molecule has 1 N–H and O–H groups in total. The Morgan fingerprint density at radius 1 is 1.36 bits per heavy atom. The second-order valence-electron chi connectivity index (χ2n) is 4.61. The minimum Gasteiger partial charge on any atom is -0.339 e. The number of hydrogen-bond acceptors (Lipinski definition) is 4. The van der Waals surface area contributed by atoms with Crippen molar-refractivity contribution >= 4 is 34.2 Å². The van der Waals surface area contributed by atoms with Crippen LogP contribution in [0.2, 0.25) is 0 Å². The maximum atomic E-state index is 13.4. The van der Waals surface area contributed by atoms with Crippen molar-refractivity contribution in [3.05, 3.63) is 39.1 Å². The van der Waals surface area contributed by atoms with Crippen molar-refractivity contribution in [2.45, 2.75) is 32.6 Å². The highest BCUT2D eigenvalue weighted by Gasteiger charge is 2.11. The summed E-state index contributed by atoms with van der Waals surface area (Å²) in [5.41, 5.74) is 0.103. The normalized spacial score (nSPS) is 10.7. The van der Waals surface area contributed by atoms with Crippen LogP contribution in [0.1, 0.15) is 31.5 Å². The second kappa shape index (κ2) is 7.61. The Morgan fingerprint density at radius 3 is 2.64 bits per heavy atom. The van der Waals surface area contributed by atoms with Gasteiger partial charge in [0, 0.05) is 24.9 Å². The van der Waals surface area contributed by atoms with Gasteiger partial charge < -0.3 is 9.84 Å². The van der Waals surface area contributed by atoms with E-state index >= 15 is 0 Å². The van der Waals surface area contributed by atoms with Gasteiger partial charge in [-0.3, -0.25) is 4.79 Å². The predicted molar refractivity (Wildman–Crippen MR) is 84.3 cm³/mol. The molecule has 0 saturated heterocycles. The lowest BCUT2D eigenvalue weighted by atomic mass is 10.2. The summed E-state index contributed by atoms with van der Waals surface area (Å²) in [5, 5.41) is 6.22. The first kappa shape index (κ1) is 16.8. The van der Waals surface area contributed by atoms with Crippen LogP contribution in [0, 0.1) is 15.2 Å². The molecular weight excluding hydrogens is 407 g/mol. The lowest BCUT2D eigenvalue weighted by molar-refractivity contribution is -0.116. The molecule has 1 aromatic heterocycles. The Kier molecular flexibility index (Phi) is 5.81. The van der Waals surface area contributed by atoms with Crippen LogP contribution in [0.15, 0.2) is 16.7 Å². The lowest BCUT2D eigenvalue weighted by Gasteiger charge is -2.06. The molecule has 0 unspecified atom stereocenters. The van der Waals surface area contributed by atoms with Gasteiger partial charge in [0.25, 0.3) is 0 Å². The molecule has 5 nitrogen and oxygen atoms in total. The molecule has 2 aromatic rings. The van der Waals surface area contributed by atoms with Crippen LogP contribution >= 0.6 is 22.6 Å². The van der Waals surface area contributed by atoms with Gasteiger partial charge >= 0.3 is 0 Å². The van der Waals surface area contributed by atoms with Gasteiger partial charge in [-0.05, 0) is 41.1 Å². The van der Waals surface area contributed by atoms with Crippen LogP contribution in [-0.2, 0) is 17.6 Å². The monoisotopic (exact) mass is 421 g/mol. The largest absolute Gasteiger partial charge is 0.339 e. The van der Waals surface area contributed by atoms with Crippen molar-refractivity contribution in [2.24, 2.45) is 0 Å². The number of anilines is 1. The first-order valence-corrected chi connectivity index (χ1v) is 7.83. The summed E-state index contributed by atoms with van der Waals surface area (Å²) < 4.78 is 31.7. The predicted octanol–water partition coefficient (Wildman–Crippen LogP) is 3.48. The zero-order chi connectivity index (χ0) is 16.1. The molecule has 0 bridgehead atoms. The molecule has 0 aliphatic heterocycles. The number of rotatable bonds is 6. The van der Waals surface area contributed by atoms with Gasteiger partial charge in [0.1, 0.15) is 11.6 Å². The molecule has 0 spiro atoms. The SMILES string of the molecule is CCc1noc(CCCC(=O)Nc2cc(F)c(I)c(F)c2)n1. The Bertz CT molecular complexity index is 653. The Hall–Kier alpha value is -1.58. The number of halogens is 3. The Labute approximate surface area is 139 Å². The fraction of sp³-hybridized carbons (Fsp3) is 0.357. The molecule has 0 radical (unpaired) electrons. The zero-order valence-corrected chi connectivity index (χ0v) is 14.0. The van der Waals surface area contributed by atoms with Crippen LogP contribution in [0.25, 0.3) is 0 Å². The summed E-state index contributed by atoms with van der Waals surface area (Å²) in [6, 6.07) is 2.18. The highest BCUT2D eigenvalue weighted by atomic mass is 127. The first-order valence-electron chi connectivity index (χ1n) is 6.75. The van der Waals surface area contributed by atoms with Crippen molar-refractivity contribution in [3.63, 3.8) is 0 Å². The van der Waals surface area contributed by atoms with E-state index < -0.39 is 11.6 Å². The number of nitrogens with zero attached hydrogens (tertiary/aromatic N) is 2. The fourth-order valence-electron chi connectivity index (χ4n) is 1.79. The molecule has 0 aliphatic rings. The summed E-state index contributed by atoms with van der Waals surface area (Å²) in [6.07, 6.45) is 1.87. The van der Waals surface area contributed by atoms with Crippen molar-refractivity contribution in [2.75, 3.05) is 5.32 Å².